The fourth-order valence-electron chi connectivity index (χ4n) is 2.49. The van der Waals surface area contributed by atoms with Crippen molar-refractivity contribution in [1.29, 1.82) is 0 Å². The highest BCUT2D eigenvalue weighted by Gasteiger charge is 2.30. The smallest absolute Gasteiger partial charge is 0.254 e. The van der Waals surface area contributed by atoms with Gasteiger partial charge in [-0.1, -0.05) is 39.3 Å². The van der Waals surface area contributed by atoms with Crippen LogP contribution >= 0.6 is 12.4 Å². The van der Waals surface area contributed by atoms with Crippen molar-refractivity contribution in [2.75, 3.05) is 33.7 Å². The first-order chi connectivity index (χ1) is 11.6. The SMILES string of the molecule is CCCCN(C)C(=O)c1ccccc1S(=O)(=O)N(C)CC(C)(C)CN.Cl. The van der Waals surface area contributed by atoms with Gasteiger partial charge >= 0.3 is 0 Å². The fourth-order valence-corrected chi connectivity index (χ4v) is 4.03. The monoisotopic (exact) mass is 405 g/mol. The lowest BCUT2D eigenvalue weighted by atomic mass is 9.94. The van der Waals surface area contributed by atoms with E-state index in [1.807, 2.05) is 20.8 Å². The molecule has 6 nitrogen and oxygen atoms in total. The molecule has 0 spiro atoms. The van der Waals surface area contributed by atoms with Gasteiger partial charge in [-0.25, -0.2) is 12.7 Å². The number of hydrogen-bond acceptors (Lipinski definition) is 4. The van der Waals surface area contributed by atoms with Gasteiger partial charge < -0.3 is 10.6 Å². The van der Waals surface area contributed by atoms with Crippen molar-refractivity contribution >= 4 is 28.3 Å². The highest BCUT2D eigenvalue weighted by molar-refractivity contribution is 7.89. The van der Waals surface area contributed by atoms with Crippen LogP contribution in [0.1, 0.15) is 44.0 Å². The molecule has 1 aromatic carbocycles. The number of halogens is 1. The van der Waals surface area contributed by atoms with Crippen LogP contribution in [0.4, 0.5) is 0 Å². The van der Waals surface area contributed by atoms with Gasteiger partial charge in [0.05, 0.1) is 10.5 Å². The Bertz CT molecular complexity index is 693. The molecular weight excluding hydrogens is 374 g/mol. The van der Waals surface area contributed by atoms with Crippen molar-refractivity contribution in [2.45, 2.75) is 38.5 Å². The lowest BCUT2D eigenvalue weighted by Gasteiger charge is -2.29. The highest BCUT2D eigenvalue weighted by atomic mass is 35.5. The van der Waals surface area contributed by atoms with Crippen molar-refractivity contribution in [1.82, 2.24) is 9.21 Å². The molecule has 2 N–H and O–H groups in total. The Morgan fingerprint density at radius 3 is 2.31 bits per heavy atom. The molecule has 0 atom stereocenters. The predicted molar refractivity (Wildman–Crippen MR) is 108 cm³/mol. The molecule has 1 rings (SSSR count). The summed E-state index contributed by atoms with van der Waals surface area (Å²) in [5.41, 5.74) is 5.58. The second kappa shape index (κ2) is 10.3. The number of amides is 1. The van der Waals surface area contributed by atoms with E-state index in [4.69, 9.17) is 5.73 Å². The first-order valence-electron chi connectivity index (χ1n) is 8.57. The molecule has 0 aliphatic carbocycles. The molecule has 26 heavy (non-hydrogen) atoms. The minimum atomic E-state index is -3.78. The molecule has 0 aliphatic heterocycles. The predicted octanol–water partition coefficient (Wildman–Crippen LogP) is 2.59. The van der Waals surface area contributed by atoms with Gasteiger partial charge in [0.1, 0.15) is 0 Å². The number of carbonyl (C=O) groups excluding carboxylic acids is 1. The first-order valence-corrected chi connectivity index (χ1v) is 10.0. The van der Waals surface area contributed by atoms with E-state index >= 15 is 0 Å². The molecule has 1 aromatic rings. The second-order valence-corrected chi connectivity index (χ2v) is 9.22. The van der Waals surface area contributed by atoms with E-state index in [-0.39, 0.29) is 40.7 Å². The molecular formula is C18H32ClN3O3S. The van der Waals surface area contributed by atoms with Gasteiger partial charge in [-0.15, -0.1) is 12.4 Å². The van der Waals surface area contributed by atoms with Gasteiger partial charge in [0, 0.05) is 27.2 Å². The van der Waals surface area contributed by atoms with Gasteiger partial charge in [0.2, 0.25) is 10.0 Å². The maximum Gasteiger partial charge on any atom is 0.254 e. The van der Waals surface area contributed by atoms with Crippen molar-refractivity contribution < 1.29 is 13.2 Å². The van der Waals surface area contributed by atoms with E-state index in [0.29, 0.717) is 13.1 Å². The topological polar surface area (TPSA) is 83.7 Å². The van der Waals surface area contributed by atoms with Crippen LogP contribution in [0.15, 0.2) is 29.2 Å². The minimum absolute atomic E-state index is 0. The molecule has 0 fully saturated rings. The van der Waals surface area contributed by atoms with Crippen LogP contribution in [-0.4, -0.2) is 57.3 Å². The van der Waals surface area contributed by atoms with Gasteiger partial charge in [-0.2, -0.15) is 0 Å². The lowest BCUT2D eigenvalue weighted by molar-refractivity contribution is 0.0789. The lowest BCUT2D eigenvalue weighted by Crippen LogP contribution is -2.40. The summed E-state index contributed by atoms with van der Waals surface area (Å²) in [5, 5.41) is 0. The van der Waals surface area contributed by atoms with Crippen molar-refractivity contribution in [3.05, 3.63) is 29.8 Å². The summed E-state index contributed by atoms with van der Waals surface area (Å²) in [6.45, 7) is 7.11. The molecule has 0 heterocycles. The third-order valence-corrected chi connectivity index (χ3v) is 6.06. The van der Waals surface area contributed by atoms with Gasteiger partial charge in [-0.05, 0) is 30.5 Å². The normalized spacial score (nSPS) is 12.0. The molecule has 0 aromatic heterocycles. The summed E-state index contributed by atoms with van der Waals surface area (Å²) in [6.07, 6.45) is 1.84. The molecule has 0 unspecified atom stereocenters. The number of nitrogens with two attached hydrogens (primary N) is 1. The fraction of sp³-hybridized carbons (Fsp3) is 0.611. The Morgan fingerprint density at radius 2 is 1.77 bits per heavy atom. The number of sulfonamides is 1. The number of unbranched alkanes of at least 4 members (excludes halogenated alkanes) is 1. The van der Waals surface area contributed by atoms with Crippen LogP contribution in [0, 0.1) is 5.41 Å². The largest absolute Gasteiger partial charge is 0.342 e. The van der Waals surface area contributed by atoms with E-state index < -0.39 is 10.0 Å². The molecule has 150 valence electrons. The van der Waals surface area contributed by atoms with Crippen LogP contribution < -0.4 is 5.73 Å². The molecule has 1 amide bonds. The first kappa shape index (κ1) is 24.8. The molecule has 0 radical (unpaired) electrons. The number of benzene rings is 1. The van der Waals surface area contributed by atoms with E-state index in [1.165, 1.54) is 17.4 Å². The average Bonchev–Trinajstić information content (AvgIpc) is 2.58. The Morgan fingerprint density at radius 1 is 1.19 bits per heavy atom. The Kier molecular flexibility index (Phi) is 9.80. The summed E-state index contributed by atoms with van der Waals surface area (Å²) < 4.78 is 27.3. The van der Waals surface area contributed by atoms with Crippen LogP contribution in [0.3, 0.4) is 0 Å². The minimum Gasteiger partial charge on any atom is -0.342 e. The Labute approximate surface area is 164 Å². The molecule has 0 aliphatic rings. The summed E-state index contributed by atoms with van der Waals surface area (Å²) in [7, 11) is -0.562. The molecule has 0 bridgehead atoms. The number of carbonyl (C=O) groups is 1. The van der Waals surface area contributed by atoms with Gasteiger partial charge in [0.25, 0.3) is 5.91 Å². The van der Waals surface area contributed by atoms with Crippen LogP contribution in [0.25, 0.3) is 0 Å². The third-order valence-electron chi connectivity index (χ3n) is 4.20. The van der Waals surface area contributed by atoms with E-state index in [9.17, 15) is 13.2 Å². The maximum absolute atomic E-state index is 13.0. The quantitative estimate of drug-likeness (QED) is 0.684. The molecule has 0 saturated heterocycles. The van der Waals surface area contributed by atoms with Gasteiger partial charge in [0.15, 0.2) is 0 Å². The van der Waals surface area contributed by atoms with Gasteiger partial charge in [-0.3, -0.25) is 4.79 Å². The molecule has 8 heteroatoms. The van der Waals surface area contributed by atoms with E-state index in [2.05, 4.69) is 0 Å². The van der Waals surface area contributed by atoms with Crippen molar-refractivity contribution in [3.8, 4) is 0 Å². The summed E-state index contributed by atoms with van der Waals surface area (Å²) in [4.78, 5) is 14.3. The highest BCUT2D eigenvalue weighted by Crippen LogP contribution is 2.24. The number of rotatable bonds is 9. The zero-order valence-electron chi connectivity index (χ0n) is 16.4. The summed E-state index contributed by atoms with van der Waals surface area (Å²) in [6, 6.07) is 6.38. The molecule has 0 saturated carbocycles. The summed E-state index contributed by atoms with van der Waals surface area (Å²) in [5.74, 6) is -0.279. The zero-order chi connectivity index (χ0) is 19.3. The average molecular weight is 406 g/mol. The number of nitrogens with zero attached hydrogens (tertiary/aromatic N) is 2. The van der Waals surface area contributed by atoms with Crippen molar-refractivity contribution in [2.24, 2.45) is 11.1 Å². The van der Waals surface area contributed by atoms with E-state index in [0.717, 1.165) is 12.8 Å². The third kappa shape index (κ3) is 6.23. The summed E-state index contributed by atoms with van der Waals surface area (Å²) >= 11 is 0. The Hall–Kier alpha value is -1.15. The second-order valence-electron chi connectivity index (χ2n) is 7.21. The van der Waals surface area contributed by atoms with Crippen LogP contribution in [0.5, 0.6) is 0 Å². The van der Waals surface area contributed by atoms with E-state index in [1.54, 1.807) is 30.1 Å². The maximum atomic E-state index is 13.0. The van der Waals surface area contributed by atoms with Crippen LogP contribution in [0.2, 0.25) is 0 Å². The Balaban J connectivity index is 0.00000625. The number of hydrogen-bond donors (Lipinski definition) is 1. The van der Waals surface area contributed by atoms with Crippen LogP contribution in [-0.2, 0) is 10.0 Å². The standard InChI is InChI=1S/C18H31N3O3S.ClH/c1-6-7-12-20(4)17(22)15-10-8-9-11-16(15)25(23,24)21(5)14-18(2,3)13-19;/h8-11H,6-7,12-14,19H2,1-5H3;1H. The zero-order valence-corrected chi connectivity index (χ0v) is 18.0. The van der Waals surface area contributed by atoms with Crippen molar-refractivity contribution in [3.63, 3.8) is 0 Å².